The van der Waals surface area contributed by atoms with Crippen molar-refractivity contribution in [3.63, 3.8) is 0 Å². The molecule has 2 aliphatic rings. The van der Waals surface area contributed by atoms with Gasteiger partial charge in [-0.15, -0.1) is 0 Å². The van der Waals surface area contributed by atoms with Crippen molar-refractivity contribution in [3.05, 3.63) is 23.8 Å². The molecule has 1 unspecified atom stereocenters. The summed E-state index contributed by atoms with van der Waals surface area (Å²) in [7, 11) is 0. The van der Waals surface area contributed by atoms with Crippen molar-refractivity contribution in [2.24, 2.45) is 5.92 Å². The minimum absolute atomic E-state index is 0.279. The first-order valence-electron chi connectivity index (χ1n) is 6.50. The molecule has 2 aliphatic heterocycles. The lowest BCUT2D eigenvalue weighted by atomic mass is 9.89. The average Bonchev–Trinajstić information content (AvgIpc) is 2.47. The largest absolute Gasteiger partial charge is 0.486 e. The zero-order chi connectivity index (χ0) is 12.4. The minimum Gasteiger partial charge on any atom is -0.486 e. The van der Waals surface area contributed by atoms with Gasteiger partial charge >= 0.3 is 0 Å². The fourth-order valence-corrected chi connectivity index (χ4v) is 2.55. The van der Waals surface area contributed by atoms with E-state index in [1.807, 2.05) is 18.2 Å². The summed E-state index contributed by atoms with van der Waals surface area (Å²) in [5.41, 5.74) is 0.908. The molecular weight excluding hydrogens is 232 g/mol. The lowest BCUT2D eigenvalue weighted by Crippen LogP contribution is -2.22. The van der Waals surface area contributed by atoms with E-state index in [0.717, 1.165) is 43.1 Å². The molecule has 0 bridgehead atoms. The normalized spacial score (nSPS) is 21.6. The van der Waals surface area contributed by atoms with Gasteiger partial charge in [-0.3, -0.25) is 0 Å². The van der Waals surface area contributed by atoms with Gasteiger partial charge < -0.3 is 19.3 Å². The van der Waals surface area contributed by atoms with Crippen molar-refractivity contribution in [1.82, 2.24) is 0 Å². The van der Waals surface area contributed by atoms with E-state index in [1.54, 1.807) is 0 Å². The molecule has 1 aromatic carbocycles. The summed E-state index contributed by atoms with van der Waals surface area (Å²) in [5, 5.41) is 10.4. The van der Waals surface area contributed by atoms with E-state index < -0.39 is 6.10 Å². The molecule has 18 heavy (non-hydrogen) atoms. The van der Waals surface area contributed by atoms with Gasteiger partial charge in [-0.05, 0) is 36.5 Å². The van der Waals surface area contributed by atoms with Crippen molar-refractivity contribution >= 4 is 0 Å². The summed E-state index contributed by atoms with van der Waals surface area (Å²) in [4.78, 5) is 0. The van der Waals surface area contributed by atoms with E-state index in [0.29, 0.717) is 13.2 Å². The standard InChI is InChI=1S/C14H18O4/c15-14(10-3-5-16-6-4-10)11-1-2-12-13(9-11)18-8-7-17-12/h1-2,9-10,14-15H,3-8H2. The van der Waals surface area contributed by atoms with Gasteiger partial charge in [0.15, 0.2) is 11.5 Å². The van der Waals surface area contributed by atoms with Crippen LogP contribution >= 0.6 is 0 Å². The van der Waals surface area contributed by atoms with Crippen molar-refractivity contribution in [3.8, 4) is 11.5 Å². The summed E-state index contributed by atoms with van der Waals surface area (Å²) in [6, 6.07) is 5.70. The second kappa shape index (κ2) is 5.16. The maximum atomic E-state index is 10.4. The first-order chi connectivity index (χ1) is 8.84. The lowest BCUT2D eigenvalue weighted by molar-refractivity contribution is 0.00701. The second-order valence-corrected chi connectivity index (χ2v) is 4.80. The molecule has 1 N–H and O–H groups in total. The van der Waals surface area contributed by atoms with Crippen LogP contribution in [0.5, 0.6) is 11.5 Å². The predicted octanol–water partition coefficient (Wildman–Crippen LogP) is 1.92. The number of hydrogen-bond donors (Lipinski definition) is 1. The number of aliphatic hydroxyl groups excluding tert-OH is 1. The van der Waals surface area contributed by atoms with Crippen LogP contribution in [0.2, 0.25) is 0 Å². The highest BCUT2D eigenvalue weighted by molar-refractivity contribution is 5.44. The maximum Gasteiger partial charge on any atom is 0.161 e. The highest BCUT2D eigenvalue weighted by Crippen LogP contribution is 2.36. The Morgan fingerprint density at radius 3 is 2.50 bits per heavy atom. The highest BCUT2D eigenvalue weighted by atomic mass is 16.6. The molecule has 0 aromatic heterocycles. The van der Waals surface area contributed by atoms with Crippen LogP contribution < -0.4 is 9.47 Å². The van der Waals surface area contributed by atoms with Gasteiger partial charge in [0.1, 0.15) is 13.2 Å². The van der Waals surface area contributed by atoms with Gasteiger partial charge in [0.25, 0.3) is 0 Å². The number of benzene rings is 1. The predicted molar refractivity (Wildman–Crippen MR) is 65.9 cm³/mol. The topological polar surface area (TPSA) is 47.9 Å². The van der Waals surface area contributed by atoms with E-state index in [9.17, 15) is 5.11 Å². The Labute approximate surface area is 106 Å². The number of fused-ring (bicyclic) bond motifs is 1. The molecule has 2 heterocycles. The molecule has 4 heteroatoms. The van der Waals surface area contributed by atoms with E-state index in [2.05, 4.69) is 0 Å². The number of ether oxygens (including phenoxy) is 3. The van der Waals surface area contributed by atoms with Crippen LogP contribution in [0, 0.1) is 5.92 Å². The number of aliphatic hydroxyl groups is 1. The molecule has 1 saturated heterocycles. The Balaban J connectivity index is 1.78. The molecule has 0 aliphatic carbocycles. The van der Waals surface area contributed by atoms with Crippen LogP contribution in [0.25, 0.3) is 0 Å². The van der Waals surface area contributed by atoms with Crippen molar-refractivity contribution in [1.29, 1.82) is 0 Å². The first kappa shape index (κ1) is 11.8. The zero-order valence-corrected chi connectivity index (χ0v) is 10.3. The molecule has 1 aromatic rings. The summed E-state index contributed by atoms with van der Waals surface area (Å²) in [6.07, 6.45) is 1.38. The summed E-state index contributed by atoms with van der Waals surface area (Å²) >= 11 is 0. The van der Waals surface area contributed by atoms with E-state index in [-0.39, 0.29) is 5.92 Å². The molecule has 0 radical (unpaired) electrons. The molecule has 4 nitrogen and oxygen atoms in total. The Kier molecular flexibility index (Phi) is 3.39. The summed E-state index contributed by atoms with van der Waals surface area (Å²) in [6.45, 7) is 2.65. The quantitative estimate of drug-likeness (QED) is 0.871. The van der Waals surface area contributed by atoms with Crippen LogP contribution in [0.15, 0.2) is 18.2 Å². The SMILES string of the molecule is OC(c1ccc2c(c1)OCCO2)C1CCOCC1. The molecule has 3 rings (SSSR count). The molecule has 0 amide bonds. The Bertz CT molecular complexity index is 412. The van der Waals surface area contributed by atoms with Crippen LogP contribution in [0.1, 0.15) is 24.5 Å². The van der Waals surface area contributed by atoms with Crippen molar-refractivity contribution in [2.75, 3.05) is 26.4 Å². The van der Waals surface area contributed by atoms with Crippen molar-refractivity contribution in [2.45, 2.75) is 18.9 Å². The third kappa shape index (κ3) is 2.31. The zero-order valence-electron chi connectivity index (χ0n) is 10.3. The highest BCUT2D eigenvalue weighted by Gasteiger charge is 2.24. The van der Waals surface area contributed by atoms with E-state index in [1.165, 1.54) is 0 Å². The minimum atomic E-state index is -0.440. The average molecular weight is 250 g/mol. The Hall–Kier alpha value is -1.26. The van der Waals surface area contributed by atoms with Gasteiger partial charge in [-0.1, -0.05) is 6.07 Å². The van der Waals surface area contributed by atoms with Gasteiger partial charge in [-0.2, -0.15) is 0 Å². The Morgan fingerprint density at radius 2 is 1.72 bits per heavy atom. The van der Waals surface area contributed by atoms with Gasteiger partial charge in [-0.25, -0.2) is 0 Å². The van der Waals surface area contributed by atoms with Crippen LogP contribution in [-0.2, 0) is 4.74 Å². The summed E-state index contributed by atoms with van der Waals surface area (Å²) < 4.78 is 16.3. The smallest absolute Gasteiger partial charge is 0.161 e. The first-order valence-corrected chi connectivity index (χ1v) is 6.50. The van der Waals surface area contributed by atoms with E-state index >= 15 is 0 Å². The monoisotopic (exact) mass is 250 g/mol. The second-order valence-electron chi connectivity index (χ2n) is 4.80. The third-order valence-electron chi connectivity index (χ3n) is 3.62. The number of hydrogen-bond acceptors (Lipinski definition) is 4. The molecule has 0 spiro atoms. The maximum absolute atomic E-state index is 10.4. The molecular formula is C14H18O4. The van der Waals surface area contributed by atoms with Crippen molar-refractivity contribution < 1.29 is 19.3 Å². The van der Waals surface area contributed by atoms with Gasteiger partial charge in [0.05, 0.1) is 6.10 Å². The van der Waals surface area contributed by atoms with E-state index in [4.69, 9.17) is 14.2 Å². The van der Waals surface area contributed by atoms with Crippen LogP contribution in [-0.4, -0.2) is 31.5 Å². The summed E-state index contributed by atoms with van der Waals surface area (Å²) in [5.74, 6) is 1.79. The third-order valence-corrected chi connectivity index (χ3v) is 3.62. The molecule has 98 valence electrons. The van der Waals surface area contributed by atoms with Gasteiger partial charge in [0, 0.05) is 13.2 Å². The fourth-order valence-electron chi connectivity index (χ4n) is 2.55. The molecule has 0 saturated carbocycles. The van der Waals surface area contributed by atoms with Crippen LogP contribution in [0.3, 0.4) is 0 Å². The lowest BCUT2D eigenvalue weighted by Gasteiger charge is -2.28. The fraction of sp³-hybridized carbons (Fsp3) is 0.571. The van der Waals surface area contributed by atoms with Crippen LogP contribution in [0.4, 0.5) is 0 Å². The molecule has 1 fully saturated rings. The number of rotatable bonds is 2. The Morgan fingerprint density at radius 1 is 1.00 bits per heavy atom. The van der Waals surface area contributed by atoms with Gasteiger partial charge in [0.2, 0.25) is 0 Å². The molecule has 1 atom stereocenters.